The molecular formula is C9H15NO. The lowest BCUT2D eigenvalue weighted by Crippen LogP contribution is -2.22. The predicted molar refractivity (Wildman–Crippen MR) is 42.9 cm³/mol. The molecule has 0 radical (unpaired) electrons. The summed E-state index contributed by atoms with van der Waals surface area (Å²) in [5.74, 6) is 0.752. The molecule has 0 aromatic rings. The van der Waals surface area contributed by atoms with Crippen molar-refractivity contribution < 1.29 is 4.74 Å². The van der Waals surface area contributed by atoms with Crippen LogP contribution in [0.4, 0.5) is 0 Å². The molecule has 1 rings (SSSR count). The van der Waals surface area contributed by atoms with Crippen LogP contribution in [0.25, 0.3) is 0 Å². The molecule has 11 heavy (non-hydrogen) atoms. The van der Waals surface area contributed by atoms with Gasteiger partial charge in [0.2, 0.25) is 0 Å². The van der Waals surface area contributed by atoms with E-state index in [1.165, 1.54) is 19.3 Å². The maximum atomic E-state index is 8.78. The van der Waals surface area contributed by atoms with E-state index in [2.05, 4.69) is 6.07 Å². The molecule has 1 aliphatic rings. The lowest BCUT2D eigenvalue weighted by atomic mass is 9.81. The summed E-state index contributed by atoms with van der Waals surface area (Å²) < 4.78 is 5.06. The van der Waals surface area contributed by atoms with Crippen LogP contribution in [0.1, 0.15) is 25.7 Å². The van der Waals surface area contributed by atoms with Gasteiger partial charge in [-0.05, 0) is 18.8 Å². The van der Waals surface area contributed by atoms with Crippen molar-refractivity contribution in [3.8, 4) is 6.07 Å². The van der Waals surface area contributed by atoms with E-state index in [1.807, 2.05) is 0 Å². The van der Waals surface area contributed by atoms with Crippen molar-refractivity contribution in [2.24, 2.45) is 11.8 Å². The number of nitriles is 1. The molecule has 0 aromatic heterocycles. The van der Waals surface area contributed by atoms with Crippen molar-refractivity contribution in [2.75, 3.05) is 13.7 Å². The summed E-state index contributed by atoms with van der Waals surface area (Å²) in [6, 6.07) is 2.36. The van der Waals surface area contributed by atoms with Crippen LogP contribution in [0, 0.1) is 23.2 Å². The minimum atomic E-state index is 0.253. The fourth-order valence-electron chi connectivity index (χ4n) is 1.79. The number of hydrogen-bond donors (Lipinski definition) is 0. The van der Waals surface area contributed by atoms with Gasteiger partial charge < -0.3 is 4.74 Å². The van der Waals surface area contributed by atoms with E-state index in [4.69, 9.17) is 10.00 Å². The molecule has 2 heteroatoms. The van der Waals surface area contributed by atoms with Crippen LogP contribution >= 0.6 is 0 Å². The molecule has 0 aliphatic heterocycles. The summed E-state index contributed by atoms with van der Waals surface area (Å²) in [4.78, 5) is 0. The van der Waals surface area contributed by atoms with Crippen LogP contribution in [-0.2, 0) is 4.74 Å². The van der Waals surface area contributed by atoms with Crippen molar-refractivity contribution in [1.29, 1.82) is 5.26 Å². The van der Waals surface area contributed by atoms with Crippen LogP contribution in [0.5, 0.6) is 0 Å². The number of ether oxygens (including phenoxy) is 1. The molecular weight excluding hydrogens is 138 g/mol. The van der Waals surface area contributed by atoms with E-state index in [1.54, 1.807) is 7.11 Å². The lowest BCUT2D eigenvalue weighted by molar-refractivity contribution is 0.112. The van der Waals surface area contributed by atoms with Crippen LogP contribution in [0.3, 0.4) is 0 Å². The first-order valence-corrected chi connectivity index (χ1v) is 4.27. The first kappa shape index (κ1) is 8.55. The largest absolute Gasteiger partial charge is 0.384 e. The normalized spacial score (nSPS) is 31.3. The van der Waals surface area contributed by atoms with E-state index in [9.17, 15) is 0 Å². The molecule has 0 spiro atoms. The Balaban J connectivity index is 2.39. The Morgan fingerprint density at radius 2 is 2.18 bits per heavy atom. The van der Waals surface area contributed by atoms with Crippen molar-refractivity contribution in [3.63, 3.8) is 0 Å². The monoisotopic (exact) mass is 153 g/mol. The molecule has 1 saturated carbocycles. The number of methoxy groups -OCH3 is 1. The summed E-state index contributed by atoms with van der Waals surface area (Å²) in [5, 5.41) is 8.78. The van der Waals surface area contributed by atoms with Crippen LogP contribution in [-0.4, -0.2) is 13.7 Å². The Hall–Kier alpha value is -0.550. The van der Waals surface area contributed by atoms with E-state index in [-0.39, 0.29) is 5.92 Å². The third-order valence-electron chi connectivity index (χ3n) is 2.46. The third kappa shape index (κ3) is 2.20. The van der Waals surface area contributed by atoms with Gasteiger partial charge in [0, 0.05) is 7.11 Å². The molecule has 0 aromatic carbocycles. The molecule has 0 bridgehead atoms. The second kappa shape index (κ2) is 4.35. The van der Waals surface area contributed by atoms with Gasteiger partial charge >= 0.3 is 0 Å². The zero-order valence-electron chi connectivity index (χ0n) is 7.05. The Morgan fingerprint density at radius 1 is 1.45 bits per heavy atom. The van der Waals surface area contributed by atoms with Gasteiger partial charge in [-0.15, -0.1) is 0 Å². The van der Waals surface area contributed by atoms with Crippen LogP contribution in [0.15, 0.2) is 0 Å². The highest BCUT2D eigenvalue weighted by Gasteiger charge is 2.24. The zero-order valence-corrected chi connectivity index (χ0v) is 7.05. The van der Waals surface area contributed by atoms with Gasteiger partial charge in [0.1, 0.15) is 0 Å². The van der Waals surface area contributed by atoms with Gasteiger partial charge in [0.05, 0.1) is 18.6 Å². The van der Waals surface area contributed by atoms with E-state index in [0.717, 1.165) is 13.0 Å². The van der Waals surface area contributed by atoms with Gasteiger partial charge in [-0.25, -0.2) is 0 Å². The van der Waals surface area contributed by atoms with Gasteiger partial charge in [-0.3, -0.25) is 0 Å². The quantitative estimate of drug-likeness (QED) is 0.607. The summed E-state index contributed by atoms with van der Waals surface area (Å²) in [7, 11) is 1.71. The third-order valence-corrected chi connectivity index (χ3v) is 2.46. The number of hydrogen-bond acceptors (Lipinski definition) is 2. The Morgan fingerprint density at radius 3 is 2.82 bits per heavy atom. The minimum absolute atomic E-state index is 0.253. The van der Waals surface area contributed by atoms with E-state index < -0.39 is 0 Å². The highest BCUT2D eigenvalue weighted by molar-refractivity contribution is 4.90. The van der Waals surface area contributed by atoms with Crippen molar-refractivity contribution in [2.45, 2.75) is 25.7 Å². The van der Waals surface area contributed by atoms with E-state index in [0.29, 0.717) is 5.92 Å². The highest BCUT2D eigenvalue weighted by Crippen LogP contribution is 2.29. The topological polar surface area (TPSA) is 33.0 Å². The zero-order chi connectivity index (χ0) is 8.10. The summed E-state index contributed by atoms with van der Waals surface area (Å²) >= 11 is 0. The first-order valence-electron chi connectivity index (χ1n) is 4.27. The lowest BCUT2D eigenvalue weighted by Gasteiger charge is -2.25. The molecule has 2 unspecified atom stereocenters. The van der Waals surface area contributed by atoms with Crippen molar-refractivity contribution in [3.05, 3.63) is 0 Å². The average Bonchev–Trinajstić information content (AvgIpc) is 2.06. The average molecular weight is 153 g/mol. The Kier molecular flexibility index (Phi) is 3.38. The van der Waals surface area contributed by atoms with Crippen LogP contribution in [0.2, 0.25) is 0 Å². The molecule has 0 amide bonds. The second-order valence-electron chi connectivity index (χ2n) is 3.24. The Bertz CT molecular complexity index is 148. The minimum Gasteiger partial charge on any atom is -0.384 e. The summed E-state index contributed by atoms with van der Waals surface area (Å²) in [6.45, 7) is 0.762. The fraction of sp³-hybridized carbons (Fsp3) is 0.889. The van der Waals surface area contributed by atoms with Gasteiger partial charge in [0.15, 0.2) is 0 Å². The second-order valence-corrected chi connectivity index (χ2v) is 3.24. The van der Waals surface area contributed by atoms with Crippen LogP contribution < -0.4 is 0 Å². The molecule has 1 fully saturated rings. The molecule has 62 valence electrons. The smallest absolute Gasteiger partial charge is 0.0659 e. The molecule has 1 aliphatic carbocycles. The van der Waals surface area contributed by atoms with Gasteiger partial charge in [0.25, 0.3) is 0 Å². The maximum Gasteiger partial charge on any atom is 0.0659 e. The fourth-order valence-corrected chi connectivity index (χ4v) is 1.79. The Labute approximate surface area is 68.2 Å². The molecule has 2 nitrogen and oxygen atoms in total. The number of rotatable bonds is 2. The molecule has 0 N–H and O–H groups in total. The predicted octanol–water partition coefficient (Wildman–Crippen LogP) is 1.96. The molecule has 0 heterocycles. The van der Waals surface area contributed by atoms with Gasteiger partial charge in [-0.1, -0.05) is 12.8 Å². The first-order chi connectivity index (χ1) is 5.38. The van der Waals surface area contributed by atoms with Gasteiger partial charge in [-0.2, -0.15) is 5.26 Å². The van der Waals surface area contributed by atoms with E-state index >= 15 is 0 Å². The summed E-state index contributed by atoms with van der Waals surface area (Å²) in [6.07, 6.45) is 4.74. The number of nitrogens with zero attached hydrogens (tertiary/aromatic N) is 1. The molecule has 2 atom stereocenters. The maximum absolute atomic E-state index is 8.78. The highest BCUT2D eigenvalue weighted by atomic mass is 16.5. The van der Waals surface area contributed by atoms with Crippen molar-refractivity contribution >= 4 is 0 Å². The standard InChI is InChI=1S/C9H15NO/c1-11-7-9-5-3-2-4-8(9)6-10/h8-9H,2-5,7H2,1H3. The van der Waals surface area contributed by atoms with Crippen molar-refractivity contribution in [1.82, 2.24) is 0 Å². The SMILES string of the molecule is COCC1CCCCC1C#N. The summed E-state index contributed by atoms with van der Waals surface area (Å²) in [5.41, 5.74) is 0. The molecule has 0 saturated heterocycles.